The first-order chi connectivity index (χ1) is 7.70. The standard InChI is InChI=1S/C12H11N3O/c13-15(14)9-5-6-10(16)12-8-4-2-1-3-7(8)11(9)12/h1-6,16H,13-14H2. The summed E-state index contributed by atoms with van der Waals surface area (Å²) in [6.07, 6.45) is 0. The number of nitrogens with zero attached hydrogens (tertiary/aromatic N) is 1. The monoisotopic (exact) mass is 213 g/mol. The number of benzene rings is 2. The molecule has 0 unspecified atom stereocenters. The highest BCUT2D eigenvalue weighted by atomic mass is 16.3. The molecule has 2 aromatic carbocycles. The fourth-order valence-corrected chi connectivity index (χ4v) is 2.20. The average molecular weight is 213 g/mol. The summed E-state index contributed by atoms with van der Waals surface area (Å²) in [5, 5.41) is 10.9. The van der Waals surface area contributed by atoms with Gasteiger partial charge in [0.25, 0.3) is 0 Å². The molecule has 0 fully saturated rings. The molecular weight excluding hydrogens is 202 g/mol. The summed E-state index contributed by atoms with van der Waals surface area (Å²) in [6.45, 7) is 0. The van der Waals surface area contributed by atoms with Crippen molar-refractivity contribution in [2.75, 3.05) is 5.12 Å². The average Bonchev–Trinajstić information content (AvgIpc) is 2.24. The molecule has 80 valence electrons. The Morgan fingerprint density at radius 3 is 2.12 bits per heavy atom. The van der Waals surface area contributed by atoms with Crippen LogP contribution in [0.25, 0.3) is 22.3 Å². The van der Waals surface area contributed by atoms with Crippen LogP contribution >= 0.6 is 0 Å². The van der Waals surface area contributed by atoms with Crippen molar-refractivity contribution in [1.82, 2.24) is 0 Å². The maximum atomic E-state index is 9.80. The second-order valence-electron chi connectivity index (χ2n) is 3.81. The molecule has 3 rings (SSSR count). The van der Waals surface area contributed by atoms with E-state index in [2.05, 4.69) is 0 Å². The Morgan fingerprint density at radius 2 is 1.50 bits per heavy atom. The predicted octanol–water partition coefficient (Wildman–Crippen LogP) is 1.59. The molecule has 0 atom stereocenters. The smallest absolute Gasteiger partial charge is 0.124 e. The predicted molar refractivity (Wildman–Crippen MR) is 63.4 cm³/mol. The van der Waals surface area contributed by atoms with Crippen LogP contribution in [0.1, 0.15) is 0 Å². The second kappa shape index (κ2) is 2.98. The van der Waals surface area contributed by atoms with Gasteiger partial charge in [-0.2, -0.15) is 0 Å². The summed E-state index contributed by atoms with van der Waals surface area (Å²) in [4.78, 5) is 0. The van der Waals surface area contributed by atoms with Gasteiger partial charge in [-0.05, 0) is 23.3 Å². The lowest BCUT2D eigenvalue weighted by Gasteiger charge is -2.29. The molecule has 0 heterocycles. The first-order valence-electron chi connectivity index (χ1n) is 4.95. The van der Waals surface area contributed by atoms with Gasteiger partial charge in [-0.15, -0.1) is 0 Å². The molecule has 0 aliphatic heterocycles. The summed E-state index contributed by atoms with van der Waals surface area (Å²) in [5.41, 5.74) is 4.57. The topological polar surface area (TPSA) is 75.5 Å². The quantitative estimate of drug-likeness (QED) is 0.424. The molecule has 0 aromatic heterocycles. The van der Waals surface area contributed by atoms with Crippen LogP contribution in [0, 0.1) is 0 Å². The molecule has 1 aliphatic rings. The van der Waals surface area contributed by atoms with Crippen molar-refractivity contribution in [2.24, 2.45) is 11.7 Å². The van der Waals surface area contributed by atoms with Crippen LogP contribution in [0.3, 0.4) is 0 Å². The Morgan fingerprint density at radius 1 is 0.875 bits per heavy atom. The molecule has 0 amide bonds. The number of anilines is 1. The van der Waals surface area contributed by atoms with Crippen molar-refractivity contribution in [1.29, 1.82) is 0 Å². The highest BCUT2D eigenvalue weighted by Gasteiger charge is 2.28. The molecule has 0 bridgehead atoms. The van der Waals surface area contributed by atoms with Crippen LogP contribution in [0.15, 0.2) is 36.4 Å². The number of fused-ring (bicyclic) bond motifs is 4. The molecule has 0 radical (unpaired) electrons. The molecule has 2 aromatic rings. The van der Waals surface area contributed by atoms with E-state index in [0.29, 0.717) is 5.69 Å². The van der Waals surface area contributed by atoms with Gasteiger partial charge in [-0.25, -0.2) is 16.8 Å². The van der Waals surface area contributed by atoms with Crippen molar-refractivity contribution in [2.45, 2.75) is 0 Å². The van der Waals surface area contributed by atoms with Gasteiger partial charge in [0, 0.05) is 11.1 Å². The zero-order chi connectivity index (χ0) is 11.3. The Bertz CT molecular complexity index is 578. The van der Waals surface area contributed by atoms with E-state index in [1.807, 2.05) is 24.3 Å². The third-order valence-electron chi connectivity index (χ3n) is 2.91. The first kappa shape index (κ1) is 9.21. The highest BCUT2D eigenvalue weighted by molar-refractivity contribution is 6.10. The van der Waals surface area contributed by atoms with E-state index in [4.69, 9.17) is 11.7 Å². The largest absolute Gasteiger partial charge is 0.507 e. The normalized spacial score (nSPS) is 11.4. The number of hydrazine groups is 2. The number of nitrogens with two attached hydrogens (primary N) is 2. The molecule has 16 heavy (non-hydrogen) atoms. The minimum atomic E-state index is 0.263. The van der Waals surface area contributed by atoms with E-state index in [-0.39, 0.29) is 5.75 Å². The summed E-state index contributed by atoms with van der Waals surface area (Å²) in [5.74, 6) is 11.4. The number of hydrogen-bond donors (Lipinski definition) is 3. The fourth-order valence-electron chi connectivity index (χ4n) is 2.20. The van der Waals surface area contributed by atoms with Crippen molar-refractivity contribution >= 4 is 5.69 Å². The number of phenolic OH excluding ortho intramolecular Hbond substituents is 1. The summed E-state index contributed by atoms with van der Waals surface area (Å²) < 4.78 is 0. The molecule has 0 saturated heterocycles. The van der Waals surface area contributed by atoms with E-state index in [9.17, 15) is 5.11 Å². The van der Waals surface area contributed by atoms with E-state index >= 15 is 0 Å². The van der Waals surface area contributed by atoms with Crippen LogP contribution in [0.4, 0.5) is 5.69 Å². The lowest BCUT2D eigenvalue weighted by molar-refractivity contribution is 0.477. The fraction of sp³-hybridized carbons (Fsp3) is 0. The number of aromatic hydroxyl groups is 1. The molecule has 0 saturated carbocycles. The zero-order valence-corrected chi connectivity index (χ0v) is 8.51. The van der Waals surface area contributed by atoms with E-state index in [1.54, 1.807) is 12.1 Å². The van der Waals surface area contributed by atoms with Gasteiger partial charge in [0.1, 0.15) is 5.75 Å². The SMILES string of the molecule is NN(N)c1ccc(O)c2c1-c1ccccc1-2. The maximum absolute atomic E-state index is 9.80. The summed E-state index contributed by atoms with van der Waals surface area (Å²) in [6, 6.07) is 11.2. The third-order valence-corrected chi connectivity index (χ3v) is 2.91. The lowest BCUT2D eigenvalue weighted by Crippen LogP contribution is -2.38. The third kappa shape index (κ3) is 0.997. The van der Waals surface area contributed by atoms with E-state index in [0.717, 1.165) is 27.4 Å². The van der Waals surface area contributed by atoms with Crippen molar-refractivity contribution in [3.63, 3.8) is 0 Å². The second-order valence-corrected chi connectivity index (χ2v) is 3.81. The van der Waals surface area contributed by atoms with Crippen LogP contribution < -0.4 is 16.8 Å². The van der Waals surface area contributed by atoms with Crippen LogP contribution in [0.2, 0.25) is 0 Å². The Hall–Kier alpha value is -2.04. The van der Waals surface area contributed by atoms with Crippen LogP contribution in [-0.4, -0.2) is 5.11 Å². The first-order valence-corrected chi connectivity index (χ1v) is 4.95. The summed E-state index contributed by atoms with van der Waals surface area (Å²) >= 11 is 0. The molecule has 1 aliphatic carbocycles. The van der Waals surface area contributed by atoms with Crippen molar-refractivity contribution in [3.05, 3.63) is 36.4 Å². The van der Waals surface area contributed by atoms with Gasteiger partial charge in [0.2, 0.25) is 0 Å². The van der Waals surface area contributed by atoms with Crippen LogP contribution in [0.5, 0.6) is 5.75 Å². The molecule has 5 N–H and O–H groups in total. The van der Waals surface area contributed by atoms with Gasteiger partial charge in [-0.3, -0.25) is 0 Å². The van der Waals surface area contributed by atoms with Gasteiger partial charge >= 0.3 is 0 Å². The van der Waals surface area contributed by atoms with Gasteiger partial charge in [0.05, 0.1) is 5.69 Å². The maximum Gasteiger partial charge on any atom is 0.124 e. The lowest BCUT2D eigenvalue weighted by atomic mass is 9.79. The van der Waals surface area contributed by atoms with E-state index < -0.39 is 0 Å². The Balaban J connectivity index is 2.30. The Labute approximate surface area is 92.7 Å². The van der Waals surface area contributed by atoms with E-state index in [1.165, 1.54) is 0 Å². The Kier molecular flexibility index (Phi) is 1.71. The van der Waals surface area contributed by atoms with Crippen LogP contribution in [-0.2, 0) is 0 Å². The number of rotatable bonds is 1. The molecular formula is C12H11N3O. The zero-order valence-electron chi connectivity index (χ0n) is 8.51. The van der Waals surface area contributed by atoms with Gasteiger partial charge < -0.3 is 5.11 Å². The number of phenols is 1. The van der Waals surface area contributed by atoms with Gasteiger partial charge in [0.15, 0.2) is 0 Å². The highest BCUT2D eigenvalue weighted by Crippen LogP contribution is 2.54. The number of hydrogen-bond acceptors (Lipinski definition) is 4. The molecule has 0 spiro atoms. The molecule has 4 nitrogen and oxygen atoms in total. The van der Waals surface area contributed by atoms with Crippen molar-refractivity contribution < 1.29 is 5.11 Å². The minimum absolute atomic E-state index is 0.263. The van der Waals surface area contributed by atoms with Gasteiger partial charge in [-0.1, -0.05) is 24.3 Å². The minimum Gasteiger partial charge on any atom is -0.507 e. The summed E-state index contributed by atoms with van der Waals surface area (Å²) in [7, 11) is 0. The molecule has 4 heteroatoms. The van der Waals surface area contributed by atoms with Crippen molar-refractivity contribution in [3.8, 4) is 28.0 Å².